The molecule has 2 atom stereocenters. The fraction of sp³-hybridized carbons (Fsp3) is 0.278. The van der Waals surface area contributed by atoms with E-state index in [2.05, 4.69) is 5.32 Å². The molecule has 0 spiro atoms. The summed E-state index contributed by atoms with van der Waals surface area (Å²) in [5.74, 6) is 1.31. The summed E-state index contributed by atoms with van der Waals surface area (Å²) in [6.45, 7) is 0.307. The maximum Gasteiger partial charge on any atom is 0.324 e. The average molecular weight is 329 g/mol. The summed E-state index contributed by atoms with van der Waals surface area (Å²) >= 11 is 1.69. The Hall–Kier alpha value is -1.98. The van der Waals surface area contributed by atoms with E-state index in [-0.39, 0.29) is 17.4 Å². The molecule has 0 amide bonds. The third kappa shape index (κ3) is 3.86. The van der Waals surface area contributed by atoms with Crippen molar-refractivity contribution in [2.24, 2.45) is 0 Å². The van der Waals surface area contributed by atoms with Crippen molar-refractivity contribution in [3.05, 3.63) is 65.7 Å². The first-order valence-corrected chi connectivity index (χ1v) is 8.54. The number of carbonyl (C=O) groups excluding carboxylic acids is 1. The minimum Gasteiger partial charge on any atom is -0.496 e. The molecule has 0 bridgehead atoms. The van der Waals surface area contributed by atoms with Crippen LogP contribution in [0.1, 0.15) is 16.5 Å². The van der Waals surface area contributed by atoms with Gasteiger partial charge >= 0.3 is 5.97 Å². The van der Waals surface area contributed by atoms with Crippen molar-refractivity contribution in [1.82, 2.24) is 5.32 Å². The molecule has 2 unspecified atom stereocenters. The zero-order chi connectivity index (χ0) is 16.1. The number of rotatable bonds is 5. The zero-order valence-electron chi connectivity index (χ0n) is 12.9. The Kier molecular flexibility index (Phi) is 5.20. The number of nitrogens with one attached hydrogen (secondary N) is 1. The monoisotopic (exact) mass is 329 g/mol. The summed E-state index contributed by atoms with van der Waals surface area (Å²) in [6.07, 6.45) is 0. The quantitative estimate of drug-likeness (QED) is 0.854. The summed E-state index contributed by atoms with van der Waals surface area (Å²) in [5, 5.41) is 3.37. The maximum absolute atomic E-state index is 12.2. The maximum atomic E-state index is 12.2. The number of esters is 1. The molecule has 5 heteroatoms. The standard InChI is InChI=1S/C18H19NO3S/c1-21-16-10-6-5-9-14(16)17-19-15(12-23-17)18(20)22-11-13-7-3-2-4-8-13/h2-10,15,17,19H,11-12H2,1H3. The first-order valence-electron chi connectivity index (χ1n) is 7.49. The number of carbonyl (C=O) groups is 1. The largest absolute Gasteiger partial charge is 0.496 e. The van der Waals surface area contributed by atoms with Gasteiger partial charge in [-0.05, 0) is 11.6 Å². The summed E-state index contributed by atoms with van der Waals surface area (Å²) in [6, 6.07) is 17.3. The van der Waals surface area contributed by atoms with Gasteiger partial charge in [0.2, 0.25) is 0 Å². The highest BCUT2D eigenvalue weighted by Gasteiger charge is 2.32. The molecule has 1 aliphatic rings. The second-order valence-electron chi connectivity index (χ2n) is 5.27. The Morgan fingerprint density at radius 1 is 1.17 bits per heavy atom. The van der Waals surface area contributed by atoms with Crippen LogP contribution in [0.15, 0.2) is 54.6 Å². The average Bonchev–Trinajstić information content (AvgIpc) is 3.10. The molecule has 1 aliphatic heterocycles. The fourth-order valence-electron chi connectivity index (χ4n) is 2.50. The van der Waals surface area contributed by atoms with Crippen LogP contribution in [0.5, 0.6) is 5.75 Å². The van der Waals surface area contributed by atoms with Gasteiger partial charge in [0.05, 0.1) is 12.5 Å². The van der Waals surface area contributed by atoms with Crippen molar-refractivity contribution in [2.75, 3.05) is 12.9 Å². The molecule has 0 radical (unpaired) electrons. The predicted molar refractivity (Wildman–Crippen MR) is 91.4 cm³/mol. The van der Waals surface area contributed by atoms with Gasteiger partial charge in [0.15, 0.2) is 0 Å². The molecular weight excluding hydrogens is 310 g/mol. The fourth-order valence-corrected chi connectivity index (χ4v) is 3.75. The Morgan fingerprint density at radius 3 is 2.70 bits per heavy atom. The normalized spacial score (nSPS) is 20.2. The molecule has 4 nitrogen and oxygen atoms in total. The third-order valence-corrected chi connectivity index (χ3v) is 4.96. The topological polar surface area (TPSA) is 47.6 Å². The lowest BCUT2D eigenvalue weighted by atomic mass is 10.2. The summed E-state index contributed by atoms with van der Waals surface area (Å²) < 4.78 is 10.8. The number of hydrogen-bond acceptors (Lipinski definition) is 5. The molecule has 0 aromatic heterocycles. The van der Waals surface area contributed by atoms with Crippen molar-refractivity contribution < 1.29 is 14.3 Å². The Morgan fingerprint density at radius 2 is 1.91 bits per heavy atom. The number of hydrogen-bond donors (Lipinski definition) is 1. The van der Waals surface area contributed by atoms with Gasteiger partial charge in [-0.15, -0.1) is 11.8 Å². The van der Waals surface area contributed by atoms with Crippen molar-refractivity contribution in [3.63, 3.8) is 0 Å². The zero-order valence-corrected chi connectivity index (χ0v) is 13.7. The van der Waals surface area contributed by atoms with Gasteiger partial charge in [0.25, 0.3) is 0 Å². The van der Waals surface area contributed by atoms with E-state index in [0.717, 1.165) is 16.9 Å². The van der Waals surface area contributed by atoms with Crippen LogP contribution in [-0.4, -0.2) is 24.9 Å². The molecule has 2 aromatic rings. The second kappa shape index (κ2) is 7.53. The number of methoxy groups -OCH3 is 1. The van der Waals surface area contributed by atoms with Gasteiger partial charge in [-0.2, -0.15) is 0 Å². The smallest absolute Gasteiger partial charge is 0.324 e. The second-order valence-corrected chi connectivity index (χ2v) is 6.41. The van der Waals surface area contributed by atoms with Gasteiger partial charge in [-0.25, -0.2) is 0 Å². The first-order chi connectivity index (χ1) is 11.3. The lowest BCUT2D eigenvalue weighted by Gasteiger charge is -2.15. The summed E-state index contributed by atoms with van der Waals surface area (Å²) in [5.41, 5.74) is 2.05. The van der Waals surface area contributed by atoms with E-state index < -0.39 is 0 Å². The first kappa shape index (κ1) is 15.9. The van der Waals surface area contributed by atoms with Crippen molar-refractivity contribution in [2.45, 2.75) is 18.0 Å². The predicted octanol–water partition coefficient (Wildman–Crippen LogP) is 3.14. The van der Waals surface area contributed by atoms with Crippen molar-refractivity contribution >= 4 is 17.7 Å². The van der Waals surface area contributed by atoms with Crippen LogP contribution in [0.4, 0.5) is 0 Å². The highest BCUT2D eigenvalue weighted by atomic mass is 32.2. The summed E-state index contributed by atoms with van der Waals surface area (Å²) in [4.78, 5) is 12.2. The van der Waals surface area contributed by atoms with Crippen LogP contribution in [-0.2, 0) is 16.1 Å². The lowest BCUT2D eigenvalue weighted by molar-refractivity contribution is -0.146. The molecule has 1 heterocycles. The van der Waals surface area contributed by atoms with Crippen LogP contribution in [0.2, 0.25) is 0 Å². The van der Waals surface area contributed by atoms with Gasteiger partial charge in [-0.3, -0.25) is 10.1 Å². The van der Waals surface area contributed by atoms with Gasteiger partial charge in [0, 0.05) is 11.3 Å². The summed E-state index contributed by atoms with van der Waals surface area (Å²) in [7, 11) is 1.66. The van der Waals surface area contributed by atoms with E-state index in [1.807, 2.05) is 54.6 Å². The Balaban J connectivity index is 1.58. The van der Waals surface area contributed by atoms with Gasteiger partial charge < -0.3 is 9.47 Å². The van der Waals surface area contributed by atoms with Crippen molar-refractivity contribution in [3.8, 4) is 5.75 Å². The van der Waals surface area contributed by atoms with E-state index in [9.17, 15) is 4.79 Å². The molecule has 2 aromatic carbocycles. The van der Waals surface area contributed by atoms with Crippen molar-refractivity contribution in [1.29, 1.82) is 0 Å². The molecular formula is C18H19NO3S. The van der Waals surface area contributed by atoms with Crippen LogP contribution < -0.4 is 10.1 Å². The Bertz CT molecular complexity index is 662. The molecule has 1 saturated heterocycles. The number of ether oxygens (including phenoxy) is 2. The molecule has 1 fully saturated rings. The van der Waals surface area contributed by atoms with E-state index in [0.29, 0.717) is 12.4 Å². The van der Waals surface area contributed by atoms with Gasteiger partial charge in [-0.1, -0.05) is 48.5 Å². The lowest BCUT2D eigenvalue weighted by Crippen LogP contribution is -2.35. The molecule has 1 N–H and O–H groups in total. The minimum atomic E-state index is -0.293. The number of para-hydroxylation sites is 1. The molecule has 0 saturated carbocycles. The minimum absolute atomic E-state index is 0.0421. The Labute approximate surface area is 140 Å². The molecule has 120 valence electrons. The SMILES string of the molecule is COc1ccccc1C1NC(C(=O)OCc2ccccc2)CS1. The number of thioether (sulfide) groups is 1. The molecule has 3 rings (SSSR count). The highest BCUT2D eigenvalue weighted by molar-refractivity contribution is 7.99. The highest BCUT2D eigenvalue weighted by Crippen LogP contribution is 2.37. The van der Waals surface area contributed by atoms with E-state index in [4.69, 9.17) is 9.47 Å². The molecule has 23 heavy (non-hydrogen) atoms. The van der Waals surface area contributed by atoms with Crippen LogP contribution >= 0.6 is 11.8 Å². The van der Waals surface area contributed by atoms with Gasteiger partial charge in [0.1, 0.15) is 18.4 Å². The van der Waals surface area contributed by atoms with E-state index in [1.165, 1.54) is 0 Å². The third-order valence-electron chi connectivity index (χ3n) is 3.71. The van der Waals surface area contributed by atoms with E-state index in [1.54, 1.807) is 18.9 Å². The van der Waals surface area contributed by atoms with Crippen LogP contribution in [0, 0.1) is 0 Å². The molecule has 0 aliphatic carbocycles. The number of benzene rings is 2. The van der Waals surface area contributed by atoms with Crippen LogP contribution in [0.3, 0.4) is 0 Å². The van der Waals surface area contributed by atoms with Crippen LogP contribution in [0.25, 0.3) is 0 Å². The van der Waals surface area contributed by atoms with E-state index >= 15 is 0 Å².